The number of H-pyrrole nitrogens is 1. The molecule has 0 spiro atoms. The predicted octanol–water partition coefficient (Wildman–Crippen LogP) is 2.24. The van der Waals surface area contributed by atoms with Crippen molar-refractivity contribution in [3.05, 3.63) is 66.4 Å². The van der Waals surface area contributed by atoms with Gasteiger partial charge in [-0.1, -0.05) is 36.4 Å². The van der Waals surface area contributed by atoms with Crippen molar-refractivity contribution in [2.75, 3.05) is 51.2 Å². The van der Waals surface area contributed by atoms with Crippen LogP contribution in [0.1, 0.15) is 5.56 Å². The molecular weight excluding hydrogens is 374 g/mol. The Labute approximate surface area is 178 Å². The number of piperazine rings is 1. The molecule has 1 aliphatic rings. The molecule has 1 aromatic heterocycles. The molecule has 0 saturated carbocycles. The maximum atomic E-state index is 12.7. The first-order valence-corrected chi connectivity index (χ1v) is 10.7. The summed E-state index contributed by atoms with van der Waals surface area (Å²) in [6.07, 6.45) is 2.86. The van der Waals surface area contributed by atoms with Gasteiger partial charge >= 0.3 is 0 Å². The number of anilines is 1. The summed E-state index contributed by atoms with van der Waals surface area (Å²) in [5, 5.41) is 7.68. The predicted molar refractivity (Wildman–Crippen MR) is 123 cm³/mol. The zero-order chi connectivity index (χ0) is 20.8. The summed E-state index contributed by atoms with van der Waals surface area (Å²) >= 11 is 0. The molecule has 0 radical (unpaired) electrons. The molecule has 1 atom stereocenters. The third-order valence-electron chi connectivity index (χ3n) is 5.82. The first-order valence-electron chi connectivity index (χ1n) is 10.7. The minimum absolute atomic E-state index is 0.0623. The summed E-state index contributed by atoms with van der Waals surface area (Å²) in [5.74, 6) is 0.100. The average Bonchev–Trinajstić information content (AvgIpc) is 3.18. The standard InChI is InChI=1S/C24H31N5O/c1-25-17-20(15-19-16-26-23-10-6-5-9-22(19)23)27-24(30)18-28-11-13-29(14-12-28)21-7-3-2-4-8-21/h2-10,16,20,25-26H,11-15,17-18H2,1H3,(H,27,30). The number of aromatic amines is 1. The number of rotatable bonds is 8. The van der Waals surface area contributed by atoms with Gasteiger partial charge in [-0.2, -0.15) is 0 Å². The lowest BCUT2D eigenvalue weighted by Gasteiger charge is -2.36. The zero-order valence-electron chi connectivity index (χ0n) is 17.6. The SMILES string of the molecule is CNCC(Cc1c[nH]c2ccccc12)NC(=O)CN1CCN(c2ccccc2)CC1. The topological polar surface area (TPSA) is 63.4 Å². The summed E-state index contributed by atoms with van der Waals surface area (Å²) in [6.45, 7) is 4.91. The first-order chi connectivity index (χ1) is 14.7. The molecule has 0 aliphatic carbocycles. The minimum atomic E-state index is 0.0623. The monoisotopic (exact) mass is 405 g/mol. The van der Waals surface area contributed by atoms with Gasteiger partial charge in [-0.3, -0.25) is 9.69 Å². The Morgan fingerprint density at radius 1 is 1.03 bits per heavy atom. The van der Waals surface area contributed by atoms with Crippen LogP contribution in [-0.2, 0) is 11.2 Å². The van der Waals surface area contributed by atoms with Crippen LogP contribution in [0.25, 0.3) is 10.9 Å². The summed E-state index contributed by atoms with van der Waals surface area (Å²) in [5.41, 5.74) is 3.63. The van der Waals surface area contributed by atoms with Gasteiger partial charge in [-0.15, -0.1) is 0 Å². The second-order valence-corrected chi connectivity index (χ2v) is 7.98. The van der Waals surface area contributed by atoms with Crippen molar-refractivity contribution in [2.45, 2.75) is 12.5 Å². The van der Waals surface area contributed by atoms with E-state index in [0.29, 0.717) is 6.54 Å². The molecule has 2 aromatic carbocycles. The fourth-order valence-corrected chi connectivity index (χ4v) is 4.27. The zero-order valence-corrected chi connectivity index (χ0v) is 17.6. The van der Waals surface area contributed by atoms with Crippen LogP contribution in [0, 0.1) is 0 Å². The van der Waals surface area contributed by atoms with Crippen molar-refractivity contribution < 1.29 is 4.79 Å². The third-order valence-corrected chi connectivity index (χ3v) is 5.82. The number of nitrogens with one attached hydrogen (secondary N) is 3. The third kappa shape index (κ3) is 5.01. The van der Waals surface area contributed by atoms with Crippen LogP contribution in [-0.4, -0.2) is 68.1 Å². The summed E-state index contributed by atoms with van der Waals surface area (Å²) < 4.78 is 0. The summed E-state index contributed by atoms with van der Waals surface area (Å²) in [7, 11) is 1.93. The molecule has 3 aromatic rings. The fourth-order valence-electron chi connectivity index (χ4n) is 4.27. The molecule has 1 aliphatic heterocycles. The number of aromatic nitrogens is 1. The highest BCUT2D eigenvalue weighted by Crippen LogP contribution is 2.19. The lowest BCUT2D eigenvalue weighted by atomic mass is 10.0. The van der Waals surface area contributed by atoms with Gasteiger partial charge in [0.2, 0.25) is 5.91 Å². The van der Waals surface area contributed by atoms with Gasteiger partial charge < -0.3 is 20.5 Å². The number of nitrogens with zero attached hydrogens (tertiary/aromatic N) is 2. The van der Waals surface area contributed by atoms with Crippen molar-refractivity contribution in [1.82, 2.24) is 20.5 Å². The molecule has 1 amide bonds. The molecule has 0 bridgehead atoms. The van der Waals surface area contributed by atoms with Gasteiger partial charge in [0.05, 0.1) is 6.54 Å². The van der Waals surface area contributed by atoms with E-state index >= 15 is 0 Å². The van der Waals surface area contributed by atoms with E-state index in [4.69, 9.17) is 0 Å². The summed E-state index contributed by atoms with van der Waals surface area (Å²) in [4.78, 5) is 20.7. The number of amides is 1. The lowest BCUT2D eigenvalue weighted by Crippen LogP contribution is -2.51. The Kier molecular flexibility index (Phi) is 6.67. The quantitative estimate of drug-likeness (QED) is 0.538. The molecule has 158 valence electrons. The van der Waals surface area contributed by atoms with E-state index in [2.05, 4.69) is 74.1 Å². The average molecular weight is 406 g/mol. The van der Waals surface area contributed by atoms with Gasteiger partial charge in [0.1, 0.15) is 0 Å². The number of fused-ring (bicyclic) bond motifs is 1. The van der Waals surface area contributed by atoms with Crippen LogP contribution >= 0.6 is 0 Å². The molecule has 3 N–H and O–H groups in total. The van der Waals surface area contributed by atoms with Crippen LogP contribution < -0.4 is 15.5 Å². The molecule has 1 fully saturated rings. The number of carbonyl (C=O) groups is 1. The van der Waals surface area contributed by atoms with Gasteiger partial charge in [0.25, 0.3) is 0 Å². The molecular formula is C24H31N5O. The van der Waals surface area contributed by atoms with Crippen molar-refractivity contribution in [1.29, 1.82) is 0 Å². The lowest BCUT2D eigenvalue weighted by molar-refractivity contribution is -0.123. The van der Waals surface area contributed by atoms with Crippen LogP contribution in [0.15, 0.2) is 60.8 Å². The number of likely N-dealkylation sites (N-methyl/N-ethyl adjacent to an activating group) is 1. The second-order valence-electron chi connectivity index (χ2n) is 7.98. The van der Waals surface area contributed by atoms with E-state index in [0.717, 1.165) is 44.7 Å². The van der Waals surface area contributed by atoms with Crippen molar-refractivity contribution in [2.24, 2.45) is 0 Å². The number of carbonyl (C=O) groups excluding carboxylic acids is 1. The number of para-hydroxylation sites is 2. The smallest absolute Gasteiger partial charge is 0.234 e. The maximum Gasteiger partial charge on any atom is 0.234 e. The Balaban J connectivity index is 1.29. The Bertz CT molecular complexity index is 946. The maximum absolute atomic E-state index is 12.7. The largest absolute Gasteiger partial charge is 0.369 e. The van der Waals surface area contributed by atoms with Crippen LogP contribution in [0.2, 0.25) is 0 Å². The van der Waals surface area contributed by atoms with E-state index in [1.807, 2.05) is 19.2 Å². The van der Waals surface area contributed by atoms with E-state index in [9.17, 15) is 4.79 Å². The number of hydrogen-bond acceptors (Lipinski definition) is 4. The molecule has 4 rings (SSSR count). The van der Waals surface area contributed by atoms with E-state index in [-0.39, 0.29) is 11.9 Å². The van der Waals surface area contributed by atoms with Gasteiger partial charge in [0.15, 0.2) is 0 Å². The molecule has 1 unspecified atom stereocenters. The van der Waals surface area contributed by atoms with Crippen molar-refractivity contribution >= 4 is 22.5 Å². The highest BCUT2D eigenvalue weighted by atomic mass is 16.2. The Morgan fingerprint density at radius 2 is 1.77 bits per heavy atom. The van der Waals surface area contributed by atoms with Crippen LogP contribution in [0.5, 0.6) is 0 Å². The first kappa shape index (κ1) is 20.4. The molecule has 1 saturated heterocycles. The molecule has 2 heterocycles. The van der Waals surface area contributed by atoms with Gasteiger partial charge in [-0.25, -0.2) is 0 Å². The van der Waals surface area contributed by atoms with Crippen LogP contribution in [0.4, 0.5) is 5.69 Å². The van der Waals surface area contributed by atoms with E-state index in [1.54, 1.807) is 0 Å². The Hall–Kier alpha value is -2.83. The number of benzene rings is 2. The number of hydrogen-bond donors (Lipinski definition) is 3. The van der Waals surface area contributed by atoms with E-state index < -0.39 is 0 Å². The fraction of sp³-hybridized carbons (Fsp3) is 0.375. The van der Waals surface area contributed by atoms with E-state index in [1.165, 1.54) is 16.6 Å². The van der Waals surface area contributed by atoms with Crippen molar-refractivity contribution in [3.8, 4) is 0 Å². The normalized spacial score (nSPS) is 16.0. The Morgan fingerprint density at radius 3 is 2.53 bits per heavy atom. The second kappa shape index (κ2) is 9.78. The highest BCUT2D eigenvalue weighted by molar-refractivity contribution is 5.83. The molecule has 6 nitrogen and oxygen atoms in total. The van der Waals surface area contributed by atoms with Crippen LogP contribution in [0.3, 0.4) is 0 Å². The van der Waals surface area contributed by atoms with Gasteiger partial charge in [0, 0.05) is 61.6 Å². The molecule has 6 heteroatoms. The molecule has 30 heavy (non-hydrogen) atoms. The van der Waals surface area contributed by atoms with Gasteiger partial charge in [-0.05, 0) is 37.2 Å². The minimum Gasteiger partial charge on any atom is -0.369 e. The van der Waals surface area contributed by atoms with Crippen molar-refractivity contribution in [3.63, 3.8) is 0 Å². The highest BCUT2D eigenvalue weighted by Gasteiger charge is 2.21. The summed E-state index contributed by atoms with van der Waals surface area (Å²) in [6, 6.07) is 18.9.